The minimum Gasteiger partial charge on any atom is -0.241 e. The third-order valence-electron chi connectivity index (χ3n) is 2.95. The lowest BCUT2D eigenvalue weighted by Gasteiger charge is -2.08. The van der Waals surface area contributed by atoms with Crippen LogP contribution < -0.4 is 0 Å². The van der Waals surface area contributed by atoms with Crippen molar-refractivity contribution in [2.75, 3.05) is 0 Å². The smallest absolute Gasteiger partial charge is 0.0907 e. The summed E-state index contributed by atoms with van der Waals surface area (Å²) in [7, 11) is 0. The predicted molar refractivity (Wildman–Crippen MR) is 72.3 cm³/mol. The van der Waals surface area contributed by atoms with E-state index < -0.39 is 0 Å². The van der Waals surface area contributed by atoms with Gasteiger partial charge in [-0.15, -0.1) is 11.3 Å². The lowest BCUT2D eigenvalue weighted by Crippen LogP contribution is -1.93. The highest BCUT2D eigenvalue weighted by atomic mass is 32.1. The number of hydrogen-bond donors (Lipinski definition) is 0. The first-order valence-corrected chi connectivity index (χ1v) is 6.42. The van der Waals surface area contributed by atoms with Crippen LogP contribution in [0.15, 0.2) is 18.2 Å². The summed E-state index contributed by atoms with van der Waals surface area (Å²) < 4.78 is 1.32. The normalized spacial score (nSPS) is 11.8. The van der Waals surface area contributed by atoms with E-state index in [0.717, 1.165) is 11.4 Å². The molecule has 1 heterocycles. The molecule has 0 saturated heterocycles. The standard InChI is InChI=1S/C14H17NS/c1-5-6-7-12-9(2)8-13-14(10(12)3)15-11(4)16-13/h5-6,8H,7H2,1-4H3. The quantitative estimate of drug-likeness (QED) is 0.701. The van der Waals surface area contributed by atoms with Crippen molar-refractivity contribution in [3.8, 4) is 0 Å². The Labute approximate surface area is 101 Å². The van der Waals surface area contributed by atoms with Gasteiger partial charge >= 0.3 is 0 Å². The molecule has 16 heavy (non-hydrogen) atoms. The van der Waals surface area contributed by atoms with Crippen molar-refractivity contribution in [2.45, 2.75) is 34.1 Å². The fraction of sp³-hybridized carbons (Fsp3) is 0.357. The van der Waals surface area contributed by atoms with Crippen molar-refractivity contribution < 1.29 is 0 Å². The average molecular weight is 231 g/mol. The third-order valence-corrected chi connectivity index (χ3v) is 3.87. The van der Waals surface area contributed by atoms with E-state index in [-0.39, 0.29) is 0 Å². The van der Waals surface area contributed by atoms with E-state index >= 15 is 0 Å². The predicted octanol–water partition coefficient (Wildman–Crippen LogP) is 4.34. The summed E-state index contributed by atoms with van der Waals surface area (Å²) in [5, 5.41) is 1.15. The molecule has 0 atom stereocenters. The Morgan fingerprint density at radius 2 is 2.06 bits per heavy atom. The van der Waals surface area contributed by atoms with E-state index in [9.17, 15) is 0 Å². The number of nitrogens with zero attached hydrogens (tertiary/aromatic N) is 1. The molecule has 2 heteroatoms. The number of thiazole rings is 1. The molecule has 84 valence electrons. The maximum atomic E-state index is 4.62. The van der Waals surface area contributed by atoms with Gasteiger partial charge in [-0.25, -0.2) is 4.98 Å². The first-order chi connectivity index (χ1) is 7.63. The molecular formula is C14H17NS. The summed E-state index contributed by atoms with van der Waals surface area (Å²) in [6, 6.07) is 2.27. The fourth-order valence-corrected chi connectivity index (χ4v) is 3.07. The minimum atomic E-state index is 1.01. The van der Waals surface area contributed by atoms with Crippen molar-refractivity contribution in [1.82, 2.24) is 4.98 Å². The number of aryl methyl sites for hydroxylation is 3. The van der Waals surface area contributed by atoms with Gasteiger partial charge < -0.3 is 0 Å². The minimum absolute atomic E-state index is 1.01. The molecule has 0 N–H and O–H groups in total. The molecule has 1 aromatic heterocycles. The molecule has 0 fully saturated rings. The molecule has 1 aromatic carbocycles. The van der Waals surface area contributed by atoms with Crippen molar-refractivity contribution in [3.63, 3.8) is 0 Å². The Kier molecular flexibility index (Phi) is 3.10. The van der Waals surface area contributed by atoms with Crippen LogP contribution in [-0.4, -0.2) is 4.98 Å². The van der Waals surface area contributed by atoms with Gasteiger partial charge in [0.15, 0.2) is 0 Å². The van der Waals surface area contributed by atoms with Crippen molar-refractivity contribution in [2.24, 2.45) is 0 Å². The maximum Gasteiger partial charge on any atom is 0.0907 e. The molecule has 2 aromatic rings. The lowest BCUT2D eigenvalue weighted by molar-refractivity contribution is 1.17. The van der Waals surface area contributed by atoms with Crippen LogP contribution >= 0.6 is 11.3 Å². The zero-order chi connectivity index (χ0) is 11.7. The molecular weight excluding hydrogens is 214 g/mol. The van der Waals surface area contributed by atoms with Gasteiger partial charge in [0.2, 0.25) is 0 Å². The number of benzene rings is 1. The molecule has 0 radical (unpaired) electrons. The van der Waals surface area contributed by atoms with Gasteiger partial charge in [-0.3, -0.25) is 0 Å². The topological polar surface area (TPSA) is 12.9 Å². The van der Waals surface area contributed by atoms with Crippen LogP contribution in [0.3, 0.4) is 0 Å². The Bertz CT molecular complexity index is 549. The highest BCUT2D eigenvalue weighted by Crippen LogP contribution is 2.29. The van der Waals surface area contributed by atoms with Gasteiger partial charge in [0, 0.05) is 0 Å². The molecule has 1 nitrogen and oxygen atoms in total. The summed E-state index contributed by atoms with van der Waals surface area (Å²) >= 11 is 1.78. The largest absolute Gasteiger partial charge is 0.241 e. The van der Waals surface area contributed by atoms with Crippen LogP contribution in [0.4, 0.5) is 0 Å². The van der Waals surface area contributed by atoms with Gasteiger partial charge in [0.1, 0.15) is 0 Å². The summed E-state index contributed by atoms with van der Waals surface area (Å²) in [5.41, 5.74) is 5.34. The van der Waals surface area contributed by atoms with Gasteiger partial charge in [0.05, 0.1) is 15.2 Å². The van der Waals surface area contributed by atoms with E-state index in [1.54, 1.807) is 11.3 Å². The van der Waals surface area contributed by atoms with E-state index in [2.05, 4.69) is 50.9 Å². The van der Waals surface area contributed by atoms with Crippen LogP contribution in [0.1, 0.15) is 28.6 Å². The highest BCUT2D eigenvalue weighted by Gasteiger charge is 2.09. The molecule has 0 aliphatic carbocycles. The maximum absolute atomic E-state index is 4.62. The lowest BCUT2D eigenvalue weighted by atomic mass is 9.99. The average Bonchev–Trinajstić information content (AvgIpc) is 2.59. The second-order valence-corrected chi connectivity index (χ2v) is 5.38. The molecule has 0 spiro atoms. The second kappa shape index (κ2) is 4.38. The van der Waals surface area contributed by atoms with Gasteiger partial charge in [-0.2, -0.15) is 0 Å². The van der Waals surface area contributed by atoms with E-state index in [0.29, 0.717) is 0 Å². The molecule has 0 unspecified atom stereocenters. The third kappa shape index (κ3) is 1.90. The Morgan fingerprint density at radius 3 is 2.75 bits per heavy atom. The van der Waals surface area contributed by atoms with Gasteiger partial charge in [-0.05, 0) is 56.9 Å². The number of hydrogen-bond acceptors (Lipinski definition) is 2. The van der Waals surface area contributed by atoms with E-state index in [1.807, 2.05) is 0 Å². The molecule has 0 saturated carbocycles. The SMILES string of the molecule is CC=CCc1c(C)cc2sc(C)nc2c1C. The molecule has 0 aliphatic rings. The summed E-state index contributed by atoms with van der Waals surface area (Å²) in [6.07, 6.45) is 5.33. The van der Waals surface area contributed by atoms with Crippen LogP contribution in [0.2, 0.25) is 0 Å². The Hall–Kier alpha value is -1.15. The first kappa shape index (κ1) is 11.3. The molecule has 0 bridgehead atoms. The van der Waals surface area contributed by atoms with Crippen LogP contribution in [0, 0.1) is 20.8 Å². The zero-order valence-electron chi connectivity index (χ0n) is 10.3. The van der Waals surface area contributed by atoms with Gasteiger partial charge in [0.25, 0.3) is 0 Å². The van der Waals surface area contributed by atoms with Crippen molar-refractivity contribution in [1.29, 1.82) is 0 Å². The van der Waals surface area contributed by atoms with E-state index in [1.165, 1.54) is 26.9 Å². The monoisotopic (exact) mass is 231 g/mol. The zero-order valence-corrected chi connectivity index (χ0v) is 11.1. The van der Waals surface area contributed by atoms with Crippen LogP contribution in [-0.2, 0) is 6.42 Å². The van der Waals surface area contributed by atoms with Crippen molar-refractivity contribution >= 4 is 21.6 Å². The molecule has 2 rings (SSSR count). The van der Waals surface area contributed by atoms with Crippen LogP contribution in [0.5, 0.6) is 0 Å². The number of aromatic nitrogens is 1. The Balaban J connectivity index is 2.64. The van der Waals surface area contributed by atoms with Crippen LogP contribution in [0.25, 0.3) is 10.2 Å². The number of rotatable bonds is 2. The second-order valence-electron chi connectivity index (χ2n) is 4.15. The molecule has 0 amide bonds. The van der Waals surface area contributed by atoms with E-state index in [4.69, 9.17) is 0 Å². The fourth-order valence-electron chi connectivity index (χ4n) is 2.08. The van der Waals surface area contributed by atoms with Gasteiger partial charge in [-0.1, -0.05) is 12.2 Å². The summed E-state index contributed by atoms with van der Waals surface area (Å²) in [5.74, 6) is 0. The summed E-state index contributed by atoms with van der Waals surface area (Å²) in [6.45, 7) is 8.52. The molecule has 0 aliphatic heterocycles. The van der Waals surface area contributed by atoms with Crippen molar-refractivity contribution in [3.05, 3.63) is 39.9 Å². The highest BCUT2D eigenvalue weighted by molar-refractivity contribution is 7.18. The Morgan fingerprint density at radius 1 is 1.31 bits per heavy atom. The first-order valence-electron chi connectivity index (χ1n) is 5.61. The number of allylic oxidation sites excluding steroid dienone is 2. The number of fused-ring (bicyclic) bond motifs is 1. The summed E-state index contributed by atoms with van der Waals surface area (Å²) in [4.78, 5) is 4.62.